The molecule has 0 bridgehead atoms. The summed E-state index contributed by atoms with van der Waals surface area (Å²) < 4.78 is 0. The molecular weight excluding hydrogens is 202 g/mol. The maximum absolute atomic E-state index is 11.5. The van der Waals surface area contributed by atoms with Crippen molar-refractivity contribution in [1.29, 1.82) is 0 Å². The topological polar surface area (TPSA) is 49.3 Å². The number of aliphatic carboxylic acids is 1. The monoisotopic (exact) mass is 227 g/mol. The summed E-state index contributed by atoms with van der Waals surface area (Å²) in [6.45, 7) is 9.33. The van der Waals surface area contributed by atoms with Gasteiger partial charge in [-0.05, 0) is 37.1 Å². The molecule has 1 atom stereocenters. The van der Waals surface area contributed by atoms with Crippen LogP contribution in [0.3, 0.4) is 0 Å². The summed E-state index contributed by atoms with van der Waals surface area (Å²) >= 11 is 0. The number of hydrogen-bond donors (Lipinski definition) is 2. The number of carboxylic acid groups (broad SMARTS) is 1. The van der Waals surface area contributed by atoms with E-state index in [1.807, 2.05) is 0 Å². The van der Waals surface area contributed by atoms with Crippen LogP contribution < -0.4 is 5.32 Å². The van der Waals surface area contributed by atoms with Crippen LogP contribution in [0.4, 0.5) is 0 Å². The highest BCUT2D eigenvalue weighted by Crippen LogP contribution is 2.41. The van der Waals surface area contributed by atoms with E-state index in [1.54, 1.807) is 0 Å². The first-order chi connectivity index (χ1) is 7.27. The van der Waals surface area contributed by atoms with Crippen molar-refractivity contribution in [3.63, 3.8) is 0 Å². The predicted molar refractivity (Wildman–Crippen MR) is 65.5 cm³/mol. The van der Waals surface area contributed by atoms with Gasteiger partial charge in [0.1, 0.15) is 5.54 Å². The van der Waals surface area contributed by atoms with Crippen LogP contribution in [0.15, 0.2) is 0 Å². The van der Waals surface area contributed by atoms with Gasteiger partial charge in [-0.15, -0.1) is 0 Å². The van der Waals surface area contributed by atoms with E-state index in [1.165, 1.54) is 0 Å². The van der Waals surface area contributed by atoms with Gasteiger partial charge in [0.2, 0.25) is 0 Å². The number of carbonyl (C=O) groups is 1. The molecule has 0 spiro atoms. The molecule has 3 nitrogen and oxygen atoms in total. The maximum Gasteiger partial charge on any atom is 0.323 e. The first-order valence-electron chi connectivity index (χ1n) is 6.26. The minimum absolute atomic E-state index is 0.140. The Kier molecular flexibility index (Phi) is 4.00. The number of rotatable bonds is 4. The summed E-state index contributed by atoms with van der Waals surface area (Å²) in [6.07, 6.45) is 3.64. The van der Waals surface area contributed by atoms with Crippen molar-refractivity contribution in [2.24, 2.45) is 11.3 Å². The fourth-order valence-electron chi connectivity index (χ4n) is 2.67. The number of nitrogens with one attached hydrogen (secondary N) is 1. The molecule has 1 unspecified atom stereocenters. The van der Waals surface area contributed by atoms with Crippen molar-refractivity contribution in [3.8, 4) is 0 Å². The van der Waals surface area contributed by atoms with E-state index in [0.29, 0.717) is 5.92 Å². The second-order valence-corrected chi connectivity index (χ2v) is 6.36. The summed E-state index contributed by atoms with van der Waals surface area (Å²) in [7, 11) is 0. The molecule has 1 saturated carbocycles. The van der Waals surface area contributed by atoms with Crippen LogP contribution in [0, 0.1) is 11.3 Å². The molecule has 1 aliphatic rings. The van der Waals surface area contributed by atoms with Crippen LogP contribution in [0.25, 0.3) is 0 Å². The highest BCUT2D eigenvalue weighted by molar-refractivity contribution is 5.79. The molecule has 0 heterocycles. The third kappa shape index (κ3) is 3.21. The van der Waals surface area contributed by atoms with Crippen molar-refractivity contribution < 1.29 is 9.90 Å². The van der Waals surface area contributed by atoms with Gasteiger partial charge in [0.15, 0.2) is 0 Å². The zero-order valence-electron chi connectivity index (χ0n) is 11.0. The smallest absolute Gasteiger partial charge is 0.323 e. The van der Waals surface area contributed by atoms with Gasteiger partial charge in [0, 0.05) is 0 Å². The molecule has 16 heavy (non-hydrogen) atoms. The van der Waals surface area contributed by atoms with Crippen molar-refractivity contribution in [2.75, 3.05) is 6.54 Å². The summed E-state index contributed by atoms with van der Waals surface area (Å²) in [5.74, 6) is -0.192. The highest BCUT2D eigenvalue weighted by atomic mass is 16.4. The molecule has 1 aliphatic carbocycles. The molecule has 1 fully saturated rings. The van der Waals surface area contributed by atoms with Crippen molar-refractivity contribution in [3.05, 3.63) is 0 Å². The van der Waals surface area contributed by atoms with Crippen LogP contribution in [-0.4, -0.2) is 23.2 Å². The average molecular weight is 227 g/mol. The van der Waals surface area contributed by atoms with E-state index < -0.39 is 11.5 Å². The van der Waals surface area contributed by atoms with Gasteiger partial charge in [-0.3, -0.25) is 4.79 Å². The molecule has 0 amide bonds. The van der Waals surface area contributed by atoms with Gasteiger partial charge in [0.25, 0.3) is 0 Å². The molecule has 0 aromatic rings. The molecule has 0 aliphatic heterocycles. The Balaban J connectivity index is 2.76. The van der Waals surface area contributed by atoms with Gasteiger partial charge >= 0.3 is 5.97 Å². The average Bonchev–Trinajstić information content (AvgIpc) is 2.13. The van der Waals surface area contributed by atoms with Crippen LogP contribution in [0.5, 0.6) is 0 Å². The van der Waals surface area contributed by atoms with E-state index in [4.69, 9.17) is 0 Å². The minimum Gasteiger partial charge on any atom is -0.480 e. The Labute approximate surface area is 98.6 Å². The molecule has 0 aromatic carbocycles. The Bertz CT molecular complexity index is 261. The van der Waals surface area contributed by atoms with Gasteiger partial charge in [-0.2, -0.15) is 0 Å². The van der Waals surface area contributed by atoms with E-state index >= 15 is 0 Å². The van der Waals surface area contributed by atoms with Crippen molar-refractivity contribution in [1.82, 2.24) is 5.32 Å². The summed E-state index contributed by atoms with van der Waals surface area (Å²) in [4.78, 5) is 11.5. The van der Waals surface area contributed by atoms with Crippen LogP contribution in [0.1, 0.15) is 53.4 Å². The number of hydrogen-bond acceptors (Lipinski definition) is 2. The molecule has 2 N–H and O–H groups in total. The first kappa shape index (κ1) is 13.5. The number of carboxylic acids is 1. The van der Waals surface area contributed by atoms with E-state index in [9.17, 15) is 9.90 Å². The molecule has 0 saturated heterocycles. The second-order valence-electron chi connectivity index (χ2n) is 6.36. The zero-order chi connectivity index (χ0) is 12.4. The SMILES string of the molecule is CC(C)CNC1(C(=O)O)CCCC(C)(C)C1. The highest BCUT2D eigenvalue weighted by Gasteiger charge is 2.45. The van der Waals surface area contributed by atoms with Crippen LogP contribution >= 0.6 is 0 Å². The largest absolute Gasteiger partial charge is 0.480 e. The maximum atomic E-state index is 11.5. The molecule has 0 radical (unpaired) electrons. The third-order valence-corrected chi connectivity index (χ3v) is 3.50. The summed E-state index contributed by atoms with van der Waals surface area (Å²) in [5, 5.41) is 12.8. The molecule has 1 rings (SSSR count). The lowest BCUT2D eigenvalue weighted by Crippen LogP contribution is -2.57. The lowest BCUT2D eigenvalue weighted by Gasteiger charge is -2.43. The first-order valence-corrected chi connectivity index (χ1v) is 6.26. The van der Waals surface area contributed by atoms with Crippen molar-refractivity contribution in [2.45, 2.75) is 58.9 Å². The lowest BCUT2D eigenvalue weighted by atomic mass is 9.68. The summed E-state index contributed by atoms with van der Waals surface area (Å²) in [5.41, 5.74) is -0.549. The Hall–Kier alpha value is -0.570. The van der Waals surface area contributed by atoms with Gasteiger partial charge < -0.3 is 10.4 Å². The second kappa shape index (κ2) is 4.74. The standard InChI is InChI=1S/C13H25NO2/c1-10(2)8-14-13(11(15)16)7-5-6-12(3,4)9-13/h10,14H,5-9H2,1-4H3,(H,15,16). The Morgan fingerprint density at radius 1 is 1.38 bits per heavy atom. The quantitative estimate of drug-likeness (QED) is 0.776. The fourth-order valence-corrected chi connectivity index (χ4v) is 2.67. The normalized spacial score (nSPS) is 29.3. The van der Waals surface area contributed by atoms with Gasteiger partial charge in [0.05, 0.1) is 0 Å². The van der Waals surface area contributed by atoms with Crippen LogP contribution in [-0.2, 0) is 4.79 Å². The molecule has 3 heteroatoms. The van der Waals surface area contributed by atoms with E-state index in [-0.39, 0.29) is 5.41 Å². The molecule has 0 aromatic heterocycles. The Morgan fingerprint density at radius 3 is 2.44 bits per heavy atom. The molecular formula is C13H25NO2. The Morgan fingerprint density at radius 2 is 2.00 bits per heavy atom. The lowest BCUT2D eigenvalue weighted by molar-refractivity contribution is -0.148. The van der Waals surface area contributed by atoms with Crippen LogP contribution in [0.2, 0.25) is 0 Å². The van der Waals surface area contributed by atoms with Gasteiger partial charge in [-0.25, -0.2) is 0 Å². The molecule has 94 valence electrons. The minimum atomic E-state index is -0.688. The third-order valence-electron chi connectivity index (χ3n) is 3.50. The predicted octanol–water partition coefficient (Wildman–Crippen LogP) is 2.66. The van der Waals surface area contributed by atoms with Gasteiger partial charge in [-0.1, -0.05) is 34.1 Å². The van der Waals surface area contributed by atoms with E-state index in [0.717, 1.165) is 32.2 Å². The zero-order valence-corrected chi connectivity index (χ0v) is 11.0. The fraction of sp³-hybridized carbons (Fsp3) is 0.923. The van der Waals surface area contributed by atoms with E-state index in [2.05, 4.69) is 33.0 Å². The van der Waals surface area contributed by atoms with Crippen molar-refractivity contribution >= 4 is 5.97 Å². The summed E-state index contributed by atoms with van der Waals surface area (Å²) in [6, 6.07) is 0.